The second kappa shape index (κ2) is 3.05. The lowest BCUT2D eigenvalue weighted by Crippen LogP contribution is -2.22. The van der Waals surface area contributed by atoms with Crippen molar-refractivity contribution in [2.24, 2.45) is 10.1 Å². The van der Waals surface area contributed by atoms with Crippen LogP contribution in [-0.4, -0.2) is 18.3 Å². The highest BCUT2D eigenvalue weighted by Gasteiger charge is 2.09. The van der Waals surface area contributed by atoms with Crippen LogP contribution >= 0.6 is 0 Å². The molecule has 1 aliphatic rings. The van der Waals surface area contributed by atoms with E-state index in [2.05, 4.69) is 15.4 Å². The van der Waals surface area contributed by atoms with Crippen LogP contribution in [0.5, 0.6) is 0 Å². The molecule has 0 aromatic rings. The van der Waals surface area contributed by atoms with Gasteiger partial charge < -0.3 is 5.32 Å². The van der Waals surface area contributed by atoms with E-state index < -0.39 is 5.91 Å². The lowest BCUT2D eigenvalue weighted by Gasteiger charge is -2.08. The maximum atomic E-state index is 10.8. The largest absolute Gasteiger partial charge is 0.370 e. The van der Waals surface area contributed by atoms with Crippen LogP contribution in [0.25, 0.3) is 0 Å². The Bertz CT molecular complexity index is 253. The van der Waals surface area contributed by atoms with Crippen LogP contribution in [0.15, 0.2) is 21.9 Å². The Hall–Kier alpha value is -1.52. The van der Waals surface area contributed by atoms with Crippen LogP contribution in [0, 0.1) is 5.53 Å². The maximum Gasteiger partial charge on any atom is 0.313 e. The van der Waals surface area contributed by atoms with Gasteiger partial charge in [-0.05, 0) is 13.0 Å². The van der Waals surface area contributed by atoms with E-state index in [0.717, 1.165) is 5.70 Å². The van der Waals surface area contributed by atoms with Crippen LogP contribution < -0.4 is 5.32 Å². The third kappa shape index (κ3) is 1.70. The number of nitrogens with one attached hydrogen (secondary N) is 2. The highest BCUT2D eigenvalue weighted by atomic mass is 16.1. The molecular formula is C6H8N4O. The van der Waals surface area contributed by atoms with Crippen molar-refractivity contribution in [1.29, 1.82) is 5.53 Å². The summed E-state index contributed by atoms with van der Waals surface area (Å²) in [4.78, 5) is 14.6. The smallest absolute Gasteiger partial charge is 0.313 e. The van der Waals surface area contributed by atoms with Crippen LogP contribution in [0.2, 0.25) is 0 Å². The van der Waals surface area contributed by atoms with Crippen molar-refractivity contribution in [3.63, 3.8) is 0 Å². The van der Waals surface area contributed by atoms with Crippen LogP contribution in [0.3, 0.4) is 0 Å². The molecule has 0 bridgehead atoms. The maximum absolute atomic E-state index is 10.8. The Morgan fingerprint density at radius 3 is 3.18 bits per heavy atom. The van der Waals surface area contributed by atoms with E-state index in [9.17, 15) is 4.79 Å². The molecule has 0 radical (unpaired) electrons. The molecule has 0 saturated carbocycles. The number of amides is 1. The van der Waals surface area contributed by atoms with Gasteiger partial charge in [0, 0.05) is 5.70 Å². The predicted molar refractivity (Wildman–Crippen MR) is 39.3 cm³/mol. The molecule has 11 heavy (non-hydrogen) atoms. The molecule has 0 spiro atoms. The van der Waals surface area contributed by atoms with Gasteiger partial charge in [-0.1, -0.05) is 0 Å². The minimum absolute atomic E-state index is 0.247. The van der Waals surface area contributed by atoms with E-state index in [1.54, 1.807) is 6.08 Å². The quantitative estimate of drug-likeness (QED) is 0.535. The lowest BCUT2D eigenvalue weighted by molar-refractivity contribution is -0.112. The van der Waals surface area contributed by atoms with Gasteiger partial charge in [-0.15, -0.1) is 5.11 Å². The molecule has 1 amide bonds. The Morgan fingerprint density at radius 2 is 2.64 bits per heavy atom. The summed E-state index contributed by atoms with van der Waals surface area (Å²) >= 11 is 0. The van der Waals surface area contributed by atoms with E-state index >= 15 is 0 Å². The summed E-state index contributed by atoms with van der Waals surface area (Å²) in [7, 11) is 0. The van der Waals surface area contributed by atoms with E-state index in [1.165, 1.54) is 0 Å². The van der Waals surface area contributed by atoms with Crippen LogP contribution in [0.4, 0.5) is 0 Å². The van der Waals surface area contributed by atoms with E-state index in [-0.39, 0.29) is 5.71 Å². The van der Waals surface area contributed by atoms with Crippen molar-refractivity contribution in [3.05, 3.63) is 11.8 Å². The molecule has 0 aromatic heterocycles. The summed E-state index contributed by atoms with van der Waals surface area (Å²) in [5.74, 6) is -0.592. The topological polar surface area (TPSA) is 77.7 Å². The van der Waals surface area contributed by atoms with Gasteiger partial charge in [0.1, 0.15) is 12.4 Å². The molecule has 0 aliphatic carbocycles. The number of aliphatic imine (C=N–C) groups is 1. The number of carbonyl (C=O) groups excluding carboxylic acids is 1. The first-order valence-electron chi connectivity index (χ1n) is 3.12. The summed E-state index contributed by atoms with van der Waals surface area (Å²) in [5.41, 5.74) is 7.57. The van der Waals surface area contributed by atoms with Gasteiger partial charge in [-0.2, -0.15) is 0 Å². The molecule has 0 unspecified atom stereocenters. The van der Waals surface area contributed by atoms with Gasteiger partial charge in [0.25, 0.3) is 0 Å². The van der Waals surface area contributed by atoms with Crippen molar-refractivity contribution < 1.29 is 4.79 Å². The Balaban J connectivity index is 2.81. The lowest BCUT2D eigenvalue weighted by atomic mass is 10.2. The fourth-order valence-electron chi connectivity index (χ4n) is 0.738. The Morgan fingerprint density at radius 1 is 1.91 bits per heavy atom. The average Bonchev–Trinajstić information content (AvgIpc) is 2.03. The fourth-order valence-corrected chi connectivity index (χ4v) is 0.738. The molecule has 1 rings (SSSR count). The zero-order valence-corrected chi connectivity index (χ0v) is 6.09. The summed E-state index contributed by atoms with van der Waals surface area (Å²) in [6.07, 6.45) is 1.57. The first kappa shape index (κ1) is 7.59. The molecule has 1 aliphatic heterocycles. The van der Waals surface area contributed by atoms with Crippen LogP contribution in [-0.2, 0) is 4.79 Å². The molecule has 5 heteroatoms. The molecule has 0 atom stereocenters. The minimum atomic E-state index is -0.592. The monoisotopic (exact) mass is 152 g/mol. The van der Waals surface area contributed by atoms with Crippen molar-refractivity contribution in [3.8, 4) is 0 Å². The SMILES string of the molecule is CC1=CC(C(=O)N=N)=NCN1. The average molecular weight is 152 g/mol. The van der Waals surface area contributed by atoms with Crippen molar-refractivity contribution in [1.82, 2.24) is 5.32 Å². The number of nitrogens with zero attached hydrogens (tertiary/aromatic N) is 2. The number of carbonyl (C=O) groups is 1. The molecular weight excluding hydrogens is 144 g/mol. The molecule has 0 saturated heterocycles. The molecule has 0 fully saturated rings. The zero-order chi connectivity index (χ0) is 8.27. The molecule has 0 aromatic carbocycles. The molecule has 2 N–H and O–H groups in total. The Kier molecular flexibility index (Phi) is 2.10. The summed E-state index contributed by atoms with van der Waals surface area (Å²) in [6.45, 7) is 2.21. The first-order valence-corrected chi connectivity index (χ1v) is 3.12. The van der Waals surface area contributed by atoms with Crippen LogP contribution in [0.1, 0.15) is 6.92 Å². The van der Waals surface area contributed by atoms with Gasteiger partial charge >= 0.3 is 5.91 Å². The van der Waals surface area contributed by atoms with E-state index in [1.807, 2.05) is 6.92 Å². The van der Waals surface area contributed by atoms with Gasteiger partial charge in [0.15, 0.2) is 0 Å². The molecule has 5 nitrogen and oxygen atoms in total. The number of allylic oxidation sites excluding steroid dienone is 1. The number of hydrogen-bond acceptors (Lipinski definition) is 4. The predicted octanol–water partition coefficient (Wildman–Crippen LogP) is 0.449. The highest BCUT2D eigenvalue weighted by Crippen LogP contribution is 1.97. The fraction of sp³-hybridized carbons (Fsp3) is 0.333. The zero-order valence-electron chi connectivity index (χ0n) is 6.09. The van der Waals surface area contributed by atoms with Gasteiger partial charge in [0.2, 0.25) is 0 Å². The minimum Gasteiger partial charge on any atom is -0.370 e. The third-order valence-electron chi connectivity index (χ3n) is 1.28. The van der Waals surface area contributed by atoms with Gasteiger partial charge in [0.05, 0.1) is 0 Å². The van der Waals surface area contributed by atoms with E-state index in [4.69, 9.17) is 5.53 Å². The number of rotatable bonds is 1. The van der Waals surface area contributed by atoms with E-state index in [0.29, 0.717) is 6.67 Å². The second-order valence-corrected chi connectivity index (χ2v) is 2.12. The number of hydrogen-bond donors (Lipinski definition) is 2. The van der Waals surface area contributed by atoms with Crippen molar-refractivity contribution >= 4 is 11.6 Å². The molecule has 58 valence electrons. The summed E-state index contributed by atoms with van der Waals surface area (Å²) < 4.78 is 0. The standard InChI is InChI=1S/C6H8N4O/c1-4-2-5(6(11)10-7)9-3-8-4/h2,7-8H,3H2,1H3. The Labute approximate surface area is 63.7 Å². The van der Waals surface area contributed by atoms with Crippen molar-refractivity contribution in [2.75, 3.05) is 6.67 Å². The van der Waals surface area contributed by atoms with Crippen molar-refractivity contribution in [2.45, 2.75) is 6.92 Å². The highest BCUT2D eigenvalue weighted by molar-refractivity contribution is 6.43. The summed E-state index contributed by atoms with van der Waals surface area (Å²) in [6, 6.07) is 0. The third-order valence-corrected chi connectivity index (χ3v) is 1.28. The molecule has 1 heterocycles. The second-order valence-electron chi connectivity index (χ2n) is 2.12. The summed E-state index contributed by atoms with van der Waals surface area (Å²) in [5, 5.41) is 5.66. The normalized spacial score (nSPS) is 16.1. The first-order chi connectivity index (χ1) is 5.24. The van der Waals surface area contributed by atoms with Gasteiger partial charge in [-0.25, -0.2) is 5.53 Å². The van der Waals surface area contributed by atoms with Gasteiger partial charge in [-0.3, -0.25) is 9.79 Å².